The molecule has 0 spiro atoms. The van der Waals surface area contributed by atoms with E-state index < -0.39 is 12.1 Å². The predicted octanol–water partition coefficient (Wildman–Crippen LogP) is 4.20. The van der Waals surface area contributed by atoms with Crippen LogP contribution in [0.4, 0.5) is 5.69 Å². The number of para-hydroxylation sites is 1. The smallest absolute Gasteiger partial charge is 0.341 e. The highest BCUT2D eigenvalue weighted by molar-refractivity contribution is 7.98. The maximum Gasteiger partial charge on any atom is 0.341 e. The number of rotatable bonds is 6. The summed E-state index contributed by atoms with van der Waals surface area (Å²) in [6.45, 7) is 4.05. The molecule has 0 bridgehead atoms. The zero-order chi connectivity index (χ0) is 21.8. The fourth-order valence-corrected chi connectivity index (χ4v) is 4.41. The van der Waals surface area contributed by atoms with Gasteiger partial charge in [0.2, 0.25) is 0 Å². The quantitative estimate of drug-likeness (QED) is 0.422. The van der Waals surface area contributed by atoms with Gasteiger partial charge in [0, 0.05) is 30.2 Å². The number of nitrogens with zero attached hydrogens (tertiary/aromatic N) is 3. The van der Waals surface area contributed by atoms with E-state index in [0.717, 1.165) is 35.5 Å². The summed E-state index contributed by atoms with van der Waals surface area (Å²) in [6.07, 6.45) is 2.53. The van der Waals surface area contributed by atoms with Gasteiger partial charge >= 0.3 is 5.97 Å². The first-order valence-electron chi connectivity index (χ1n) is 10.1. The van der Waals surface area contributed by atoms with Gasteiger partial charge in [-0.3, -0.25) is 4.79 Å². The Morgan fingerprint density at radius 1 is 1.26 bits per heavy atom. The van der Waals surface area contributed by atoms with Crippen LogP contribution in [-0.4, -0.2) is 34.7 Å². The van der Waals surface area contributed by atoms with Crippen molar-refractivity contribution in [2.45, 2.75) is 43.6 Å². The molecule has 1 amide bonds. The van der Waals surface area contributed by atoms with E-state index >= 15 is 0 Å². The van der Waals surface area contributed by atoms with Crippen LogP contribution in [0.1, 0.15) is 40.7 Å². The largest absolute Gasteiger partial charge is 0.449 e. The molecule has 0 fully saturated rings. The third-order valence-electron chi connectivity index (χ3n) is 5.03. The lowest BCUT2D eigenvalue weighted by atomic mass is 10.0. The zero-order valence-corrected chi connectivity index (χ0v) is 18.2. The Kier molecular flexibility index (Phi) is 6.36. The van der Waals surface area contributed by atoms with Crippen LogP contribution >= 0.6 is 11.8 Å². The van der Waals surface area contributed by atoms with Crippen LogP contribution in [0, 0.1) is 6.92 Å². The van der Waals surface area contributed by atoms with Crippen molar-refractivity contribution in [3.63, 3.8) is 0 Å². The molecule has 8 heteroatoms. The minimum absolute atomic E-state index is 0.225. The number of fused-ring (bicyclic) bond motifs is 1. The van der Waals surface area contributed by atoms with Gasteiger partial charge in [0.05, 0.1) is 11.3 Å². The molecule has 4 rings (SSSR count). The van der Waals surface area contributed by atoms with E-state index in [1.54, 1.807) is 30.2 Å². The van der Waals surface area contributed by atoms with Crippen LogP contribution in [0.25, 0.3) is 0 Å². The maximum absolute atomic E-state index is 13.0. The van der Waals surface area contributed by atoms with Crippen LogP contribution in [0.5, 0.6) is 0 Å². The molecule has 1 unspecified atom stereocenters. The number of carbonyl (C=O) groups is 2. The van der Waals surface area contributed by atoms with E-state index in [4.69, 9.17) is 9.26 Å². The highest BCUT2D eigenvalue weighted by Gasteiger charge is 2.29. The van der Waals surface area contributed by atoms with Crippen molar-refractivity contribution in [2.75, 3.05) is 11.4 Å². The summed E-state index contributed by atoms with van der Waals surface area (Å²) in [5, 5.41) is 4.48. The number of hydrogen-bond acceptors (Lipinski definition) is 7. The molecule has 1 atom stereocenters. The Balaban J connectivity index is 1.44. The van der Waals surface area contributed by atoms with E-state index in [1.165, 1.54) is 11.8 Å². The van der Waals surface area contributed by atoms with Gasteiger partial charge in [-0.1, -0.05) is 35.1 Å². The summed E-state index contributed by atoms with van der Waals surface area (Å²) in [4.78, 5) is 31.9. The number of ether oxygens (including phenoxy) is 1. The Morgan fingerprint density at radius 3 is 2.90 bits per heavy atom. The van der Waals surface area contributed by atoms with E-state index in [2.05, 4.69) is 10.1 Å². The molecule has 3 heterocycles. The van der Waals surface area contributed by atoms with E-state index in [9.17, 15) is 9.59 Å². The lowest BCUT2D eigenvalue weighted by Crippen LogP contribution is -2.42. The van der Waals surface area contributed by atoms with Crippen molar-refractivity contribution in [1.82, 2.24) is 10.1 Å². The van der Waals surface area contributed by atoms with E-state index in [0.29, 0.717) is 22.9 Å². The van der Waals surface area contributed by atoms with Crippen LogP contribution in [0.15, 0.2) is 58.2 Å². The molecular formula is C23H23N3O4S. The van der Waals surface area contributed by atoms with Crippen LogP contribution in [0.3, 0.4) is 0 Å². The topological polar surface area (TPSA) is 85.5 Å². The lowest BCUT2D eigenvalue weighted by Gasteiger charge is -2.31. The molecule has 0 saturated heterocycles. The van der Waals surface area contributed by atoms with Crippen LogP contribution < -0.4 is 4.90 Å². The summed E-state index contributed by atoms with van der Waals surface area (Å²) in [6, 6.07) is 13.0. The number of aromatic nitrogens is 2. The van der Waals surface area contributed by atoms with Gasteiger partial charge in [0.25, 0.3) is 5.91 Å². The first kappa shape index (κ1) is 21.1. The van der Waals surface area contributed by atoms with Crippen LogP contribution in [-0.2, 0) is 21.7 Å². The second-order valence-electron chi connectivity index (χ2n) is 7.34. The number of benzene rings is 1. The summed E-state index contributed by atoms with van der Waals surface area (Å²) in [5.41, 5.74) is 3.11. The molecule has 0 N–H and O–H groups in total. The van der Waals surface area contributed by atoms with Crippen molar-refractivity contribution in [2.24, 2.45) is 0 Å². The molecule has 0 radical (unpaired) electrons. The van der Waals surface area contributed by atoms with Crippen molar-refractivity contribution < 1.29 is 18.8 Å². The van der Waals surface area contributed by atoms with Gasteiger partial charge < -0.3 is 14.2 Å². The highest BCUT2D eigenvalue weighted by atomic mass is 32.2. The van der Waals surface area contributed by atoms with Gasteiger partial charge in [0.15, 0.2) is 6.10 Å². The first-order chi connectivity index (χ1) is 15.0. The normalized spacial score (nSPS) is 14.1. The number of carbonyl (C=O) groups excluding carboxylic acids is 2. The molecule has 0 aliphatic carbocycles. The van der Waals surface area contributed by atoms with E-state index in [1.807, 2.05) is 37.3 Å². The second-order valence-corrected chi connectivity index (χ2v) is 8.31. The summed E-state index contributed by atoms with van der Waals surface area (Å²) in [7, 11) is 0. The molecule has 31 heavy (non-hydrogen) atoms. The number of thioether (sulfide) groups is 1. The number of aryl methyl sites for hydroxylation is 2. The van der Waals surface area contributed by atoms with Crippen molar-refractivity contribution in [3.8, 4) is 0 Å². The van der Waals surface area contributed by atoms with Gasteiger partial charge in [-0.25, -0.2) is 9.78 Å². The fraction of sp³-hybridized carbons (Fsp3) is 0.304. The number of anilines is 1. The molecule has 0 saturated carbocycles. The molecular weight excluding hydrogens is 414 g/mol. The average Bonchev–Trinajstić information content (AvgIpc) is 3.22. The lowest BCUT2D eigenvalue weighted by molar-refractivity contribution is -0.126. The minimum Gasteiger partial charge on any atom is -0.449 e. The summed E-state index contributed by atoms with van der Waals surface area (Å²) >= 11 is 1.37. The monoisotopic (exact) mass is 437 g/mol. The second kappa shape index (κ2) is 9.34. The van der Waals surface area contributed by atoms with Crippen LogP contribution in [0.2, 0.25) is 0 Å². The van der Waals surface area contributed by atoms with Gasteiger partial charge in [-0.05, 0) is 50.5 Å². The Hall–Kier alpha value is -3.13. The summed E-state index contributed by atoms with van der Waals surface area (Å²) < 4.78 is 10.6. The van der Waals surface area contributed by atoms with Crippen molar-refractivity contribution in [1.29, 1.82) is 0 Å². The first-order valence-corrected chi connectivity index (χ1v) is 11.1. The molecule has 2 aromatic heterocycles. The van der Waals surface area contributed by atoms with Gasteiger partial charge in [-0.2, -0.15) is 0 Å². The molecule has 160 valence electrons. The number of pyridine rings is 1. The molecule has 1 aliphatic rings. The Morgan fingerprint density at radius 2 is 2.10 bits per heavy atom. The fourth-order valence-electron chi connectivity index (χ4n) is 3.55. The molecule has 1 aromatic carbocycles. The summed E-state index contributed by atoms with van der Waals surface area (Å²) in [5.74, 6) is 0.436. The van der Waals surface area contributed by atoms with Gasteiger partial charge in [0.1, 0.15) is 10.8 Å². The third kappa shape index (κ3) is 4.80. The maximum atomic E-state index is 13.0. The standard InChI is InChI=1S/C23H23N3O4S/c1-15-13-18(25-30-15)14-31-21-19(9-5-11-24-21)23(28)29-16(2)22(27)26-12-6-8-17-7-3-4-10-20(17)26/h3-5,7,9-11,13,16H,6,8,12,14H2,1-2H3. The zero-order valence-electron chi connectivity index (χ0n) is 17.4. The van der Waals surface area contributed by atoms with E-state index in [-0.39, 0.29) is 5.91 Å². The van der Waals surface area contributed by atoms with Crippen molar-refractivity contribution >= 4 is 29.3 Å². The molecule has 7 nitrogen and oxygen atoms in total. The van der Waals surface area contributed by atoms with Gasteiger partial charge in [-0.15, -0.1) is 0 Å². The number of amides is 1. The minimum atomic E-state index is -0.907. The van der Waals surface area contributed by atoms with Crippen molar-refractivity contribution in [3.05, 3.63) is 71.2 Å². The third-order valence-corrected chi connectivity index (χ3v) is 6.07. The number of esters is 1. The average molecular weight is 438 g/mol. The SMILES string of the molecule is Cc1cc(CSc2ncccc2C(=O)OC(C)C(=O)N2CCCc3ccccc32)no1. The number of hydrogen-bond donors (Lipinski definition) is 0. The molecule has 3 aromatic rings. The highest BCUT2D eigenvalue weighted by Crippen LogP contribution is 2.28. The molecule has 1 aliphatic heterocycles. The predicted molar refractivity (Wildman–Crippen MR) is 117 cm³/mol. The Bertz CT molecular complexity index is 1100. The Labute approximate surface area is 184 Å².